The van der Waals surface area contributed by atoms with E-state index in [1.54, 1.807) is 23.0 Å². The van der Waals surface area contributed by atoms with Gasteiger partial charge in [0.25, 0.3) is 0 Å². The molecule has 0 aliphatic carbocycles. The van der Waals surface area contributed by atoms with E-state index in [0.717, 1.165) is 19.3 Å². The highest BCUT2D eigenvalue weighted by Crippen LogP contribution is 2.26. The molecule has 2 rings (SSSR count). The molecular formula is C12H22N4O2S. The number of hydrogen-bond acceptors (Lipinski definition) is 4. The lowest BCUT2D eigenvalue weighted by Crippen LogP contribution is -2.40. The number of piperidine rings is 1. The second-order valence-electron chi connectivity index (χ2n) is 5.17. The Morgan fingerprint density at radius 2 is 2.26 bits per heavy atom. The summed E-state index contributed by atoms with van der Waals surface area (Å²) in [6.45, 7) is 3.57. The van der Waals surface area contributed by atoms with Gasteiger partial charge in [0.15, 0.2) is 0 Å². The highest BCUT2D eigenvalue weighted by molar-refractivity contribution is 7.89. The van der Waals surface area contributed by atoms with Gasteiger partial charge in [-0.1, -0.05) is 0 Å². The van der Waals surface area contributed by atoms with E-state index in [1.807, 2.05) is 0 Å². The predicted molar refractivity (Wildman–Crippen MR) is 73.1 cm³/mol. The van der Waals surface area contributed by atoms with E-state index in [1.165, 1.54) is 6.20 Å². The summed E-state index contributed by atoms with van der Waals surface area (Å²) in [5.41, 5.74) is 6.25. The van der Waals surface area contributed by atoms with Gasteiger partial charge in [-0.05, 0) is 38.6 Å². The van der Waals surface area contributed by atoms with Crippen molar-refractivity contribution in [3.8, 4) is 0 Å². The normalized spacial score (nSPS) is 21.7. The van der Waals surface area contributed by atoms with Crippen LogP contribution in [-0.4, -0.2) is 42.1 Å². The zero-order valence-corrected chi connectivity index (χ0v) is 12.4. The van der Waals surface area contributed by atoms with Crippen LogP contribution < -0.4 is 5.73 Å². The Balaban J connectivity index is 2.22. The molecular weight excluding hydrogens is 264 g/mol. The quantitative estimate of drug-likeness (QED) is 0.873. The number of aryl methyl sites for hydroxylation is 1. The molecule has 2 heterocycles. The minimum Gasteiger partial charge on any atom is -0.330 e. The molecule has 19 heavy (non-hydrogen) atoms. The Bertz CT molecular complexity index is 536. The number of sulfonamides is 1. The molecule has 1 aliphatic heterocycles. The molecule has 2 N–H and O–H groups in total. The second-order valence-corrected chi connectivity index (χ2v) is 7.07. The fraction of sp³-hybridized carbons (Fsp3) is 0.750. The SMILES string of the molecule is Cc1c(S(=O)(=O)N2CCCC(CCN)C2)cnn1C. The molecule has 108 valence electrons. The monoisotopic (exact) mass is 286 g/mol. The van der Waals surface area contributed by atoms with Crippen LogP contribution in [0.15, 0.2) is 11.1 Å². The first-order valence-electron chi connectivity index (χ1n) is 6.65. The maximum Gasteiger partial charge on any atom is 0.246 e. The van der Waals surface area contributed by atoms with Crippen LogP contribution in [0.4, 0.5) is 0 Å². The van der Waals surface area contributed by atoms with E-state index in [4.69, 9.17) is 5.73 Å². The lowest BCUT2D eigenvalue weighted by Gasteiger charge is -2.31. The molecule has 1 fully saturated rings. The number of rotatable bonds is 4. The Hall–Kier alpha value is -0.920. The van der Waals surface area contributed by atoms with E-state index >= 15 is 0 Å². The van der Waals surface area contributed by atoms with Crippen LogP contribution in [0, 0.1) is 12.8 Å². The molecule has 0 bridgehead atoms. The number of nitrogens with two attached hydrogens (primary N) is 1. The summed E-state index contributed by atoms with van der Waals surface area (Å²) in [6, 6.07) is 0. The third-order valence-electron chi connectivity index (χ3n) is 3.86. The fourth-order valence-corrected chi connectivity index (χ4v) is 4.33. The molecule has 1 unspecified atom stereocenters. The van der Waals surface area contributed by atoms with Crippen molar-refractivity contribution in [3.05, 3.63) is 11.9 Å². The van der Waals surface area contributed by atoms with Gasteiger partial charge in [0.1, 0.15) is 4.90 Å². The average Bonchev–Trinajstić information content (AvgIpc) is 2.71. The van der Waals surface area contributed by atoms with E-state index in [-0.39, 0.29) is 0 Å². The van der Waals surface area contributed by atoms with Crippen molar-refractivity contribution >= 4 is 10.0 Å². The van der Waals surface area contributed by atoms with E-state index in [9.17, 15) is 8.42 Å². The van der Waals surface area contributed by atoms with Gasteiger partial charge in [-0.25, -0.2) is 8.42 Å². The van der Waals surface area contributed by atoms with E-state index in [0.29, 0.717) is 36.1 Å². The molecule has 0 amide bonds. The van der Waals surface area contributed by atoms with Gasteiger partial charge in [-0.3, -0.25) is 4.68 Å². The minimum atomic E-state index is -3.41. The van der Waals surface area contributed by atoms with E-state index in [2.05, 4.69) is 5.10 Å². The van der Waals surface area contributed by atoms with Crippen LogP contribution >= 0.6 is 0 Å². The summed E-state index contributed by atoms with van der Waals surface area (Å²) >= 11 is 0. The van der Waals surface area contributed by atoms with Crippen LogP contribution in [0.25, 0.3) is 0 Å². The maximum atomic E-state index is 12.6. The van der Waals surface area contributed by atoms with Gasteiger partial charge < -0.3 is 5.73 Å². The van der Waals surface area contributed by atoms with Crippen molar-refractivity contribution < 1.29 is 8.42 Å². The molecule has 0 radical (unpaired) electrons. The first kappa shape index (κ1) is 14.5. The van der Waals surface area contributed by atoms with Gasteiger partial charge in [0.2, 0.25) is 10.0 Å². The van der Waals surface area contributed by atoms with Crippen molar-refractivity contribution in [1.29, 1.82) is 0 Å². The largest absolute Gasteiger partial charge is 0.330 e. The van der Waals surface area contributed by atoms with Crippen LogP contribution in [-0.2, 0) is 17.1 Å². The van der Waals surface area contributed by atoms with Gasteiger partial charge in [0.05, 0.1) is 11.9 Å². The number of hydrogen-bond donors (Lipinski definition) is 1. The molecule has 7 heteroatoms. The summed E-state index contributed by atoms with van der Waals surface area (Å²) in [7, 11) is -1.66. The van der Waals surface area contributed by atoms with Crippen LogP contribution in [0.5, 0.6) is 0 Å². The third-order valence-corrected chi connectivity index (χ3v) is 5.83. The minimum absolute atomic E-state index is 0.323. The molecule has 1 aliphatic rings. The summed E-state index contributed by atoms with van der Waals surface area (Å²) in [4.78, 5) is 0.323. The van der Waals surface area contributed by atoms with Crippen LogP contribution in [0.1, 0.15) is 25.0 Å². The topological polar surface area (TPSA) is 81.2 Å². The Kier molecular flexibility index (Phi) is 4.27. The van der Waals surface area contributed by atoms with Crippen LogP contribution in [0.3, 0.4) is 0 Å². The fourth-order valence-electron chi connectivity index (χ4n) is 2.59. The molecule has 1 atom stereocenters. The summed E-state index contributed by atoms with van der Waals surface area (Å²) in [5, 5.41) is 4.02. The zero-order chi connectivity index (χ0) is 14.0. The lowest BCUT2D eigenvalue weighted by atomic mass is 9.96. The summed E-state index contributed by atoms with van der Waals surface area (Å²) in [6.07, 6.45) is 4.30. The highest BCUT2D eigenvalue weighted by atomic mass is 32.2. The first-order valence-corrected chi connectivity index (χ1v) is 8.09. The maximum absolute atomic E-state index is 12.6. The lowest BCUT2D eigenvalue weighted by molar-refractivity contribution is 0.258. The standard InChI is InChI=1S/C12H22N4O2S/c1-10-12(8-14-15(10)2)19(17,18)16-7-3-4-11(9-16)5-6-13/h8,11H,3-7,9,13H2,1-2H3. The molecule has 0 spiro atoms. The van der Waals surface area contributed by atoms with E-state index < -0.39 is 10.0 Å². The Morgan fingerprint density at radius 3 is 2.84 bits per heavy atom. The second kappa shape index (κ2) is 5.60. The van der Waals surface area contributed by atoms with Crippen molar-refractivity contribution in [1.82, 2.24) is 14.1 Å². The van der Waals surface area contributed by atoms with Crippen molar-refractivity contribution in [2.45, 2.75) is 31.1 Å². The van der Waals surface area contributed by atoms with Gasteiger partial charge >= 0.3 is 0 Å². The molecule has 6 nitrogen and oxygen atoms in total. The molecule has 1 saturated heterocycles. The molecule has 1 aromatic rings. The summed E-state index contributed by atoms with van der Waals surface area (Å²) in [5.74, 6) is 0.380. The molecule has 1 aromatic heterocycles. The Morgan fingerprint density at radius 1 is 1.53 bits per heavy atom. The van der Waals surface area contributed by atoms with Crippen molar-refractivity contribution in [3.63, 3.8) is 0 Å². The number of nitrogens with zero attached hydrogens (tertiary/aromatic N) is 3. The smallest absolute Gasteiger partial charge is 0.246 e. The average molecular weight is 286 g/mol. The highest BCUT2D eigenvalue weighted by Gasteiger charge is 2.32. The molecule has 0 saturated carbocycles. The zero-order valence-electron chi connectivity index (χ0n) is 11.5. The van der Waals surface area contributed by atoms with Gasteiger partial charge in [0, 0.05) is 20.1 Å². The van der Waals surface area contributed by atoms with Crippen molar-refractivity contribution in [2.24, 2.45) is 18.7 Å². The third kappa shape index (κ3) is 2.82. The first-order chi connectivity index (χ1) is 8.96. The predicted octanol–water partition coefficient (Wildman–Crippen LogP) is 0.478. The molecule has 0 aromatic carbocycles. The van der Waals surface area contributed by atoms with Gasteiger partial charge in [-0.15, -0.1) is 0 Å². The van der Waals surface area contributed by atoms with Gasteiger partial charge in [-0.2, -0.15) is 9.40 Å². The van der Waals surface area contributed by atoms with Crippen LogP contribution in [0.2, 0.25) is 0 Å². The van der Waals surface area contributed by atoms with Crippen molar-refractivity contribution in [2.75, 3.05) is 19.6 Å². The number of aromatic nitrogens is 2. The summed E-state index contributed by atoms with van der Waals surface area (Å²) < 4.78 is 28.4. The Labute approximate surface area is 114 Å².